The summed E-state index contributed by atoms with van der Waals surface area (Å²) >= 11 is 0. The first-order valence-corrected chi connectivity index (χ1v) is 7.89. The van der Waals surface area contributed by atoms with Crippen molar-refractivity contribution < 1.29 is 4.74 Å². The van der Waals surface area contributed by atoms with Crippen molar-refractivity contribution in [3.05, 3.63) is 24.3 Å². The molecular weight excluding hydrogens is 276 g/mol. The van der Waals surface area contributed by atoms with Gasteiger partial charge in [0.2, 0.25) is 0 Å². The highest BCUT2D eigenvalue weighted by Crippen LogP contribution is 2.22. The number of ether oxygens (including phenoxy) is 1. The van der Waals surface area contributed by atoms with E-state index in [1.165, 1.54) is 0 Å². The Hall–Kier alpha value is -1.75. The van der Waals surface area contributed by atoms with Crippen LogP contribution < -0.4 is 15.8 Å². The first-order chi connectivity index (χ1) is 10.5. The monoisotopic (exact) mass is 306 g/mol. The summed E-state index contributed by atoms with van der Waals surface area (Å²) in [5.41, 5.74) is 6.85. The molecule has 5 nitrogen and oxygen atoms in total. The van der Waals surface area contributed by atoms with Crippen molar-refractivity contribution in [1.82, 2.24) is 4.90 Å². The molecule has 3 N–H and O–H groups in total. The smallest absolute Gasteiger partial charge is 0.193 e. The van der Waals surface area contributed by atoms with Crippen LogP contribution in [0.1, 0.15) is 26.7 Å². The molecule has 0 heterocycles. The fraction of sp³-hybridized carbons (Fsp3) is 0.588. The van der Waals surface area contributed by atoms with E-state index >= 15 is 0 Å². The summed E-state index contributed by atoms with van der Waals surface area (Å²) in [6.45, 7) is 5.14. The summed E-state index contributed by atoms with van der Waals surface area (Å²) in [6.07, 6.45) is 2.30. The molecule has 1 atom stereocenters. The molecule has 0 fully saturated rings. The molecule has 0 bridgehead atoms. The molecule has 0 spiro atoms. The van der Waals surface area contributed by atoms with E-state index in [2.05, 4.69) is 43.2 Å². The van der Waals surface area contributed by atoms with E-state index < -0.39 is 0 Å². The Morgan fingerprint density at radius 3 is 2.45 bits per heavy atom. The van der Waals surface area contributed by atoms with Crippen LogP contribution in [0.3, 0.4) is 0 Å². The minimum Gasteiger partial charge on any atom is -0.495 e. The molecule has 5 heteroatoms. The average Bonchev–Trinajstić information content (AvgIpc) is 2.51. The standard InChI is InChI=1S/C17H30N4O/c1-6-13(7-2)15(21(3)4)12-19-17(18)20-14-10-8-9-11-16(14)22-5/h8-11,13,15H,6-7,12H2,1-5H3,(H3,18,19,20). The predicted molar refractivity (Wildman–Crippen MR) is 94.7 cm³/mol. The fourth-order valence-electron chi connectivity index (χ4n) is 2.68. The molecule has 1 unspecified atom stereocenters. The van der Waals surface area contributed by atoms with Gasteiger partial charge in [-0.25, -0.2) is 0 Å². The van der Waals surface area contributed by atoms with Crippen molar-refractivity contribution in [2.24, 2.45) is 16.6 Å². The van der Waals surface area contributed by atoms with Crippen molar-refractivity contribution in [2.45, 2.75) is 32.7 Å². The third-order valence-corrected chi connectivity index (χ3v) is 4.07. The zero-order chi connectivity index (χ0) is 16.5. The summed E-state index contributed by atoms with van der Waals surface area (Å²) in [5, 5.41) is 3.11. The topological polar surface area (TPSA) is 62.9 Å². The lowest BCUT2D eigenvalue weighted by molar-refractivity contribution is 0.206. The number of anilines is 1. The lowest BCUT2D eigenvalue weighted by atomic mass is 9.93. The van der Waals surface area contributed by atoms with E-state index in [0.29, 0.717) is 24.5 Å². The van der Waals surface area contributed by atoms with Crippen LogP contribution in [0, 0.1) is 5.92 Å². The second-order valence-corrected chi connectivity index (χ2v) is 5.66. The summed E-state index contributed by atoms with van der Waals surface area (Å²) in [6, 6.07) is 8.07. The number of hydrogen-bond donors (Lipinski definition) is 2. The van der Waals surface area contributed by atoms with E-state index in [-0.39, 0.29) is 0 Å². The Balaban J connectivity index is 2.75. The highest BCUT2D eigenvalue weighted by molar-refractivity contribution is 5.93. The second kappa shape index (κ2) is 9.30. The SMILES string of the molecule is CCC(CC)C(CN=C(N)Nc1ccccc1OC)N(C)C. The molecule has 0 saturated heterocycles. The molecular formula is C17H30N4O. The second-order valence-electron chi connectivity index (χ2n) is 5.66. The highest BCUT2D eigenvalue weighted by atomic mass is 16.5. The molecule has 0 aliphatic rings. The zero-order valence-electron chi connectivity index (χ0n) is 14.5. The van der Waals surface area contributed by atoms with Gasteiger partial charge in [0, 0.05) is 6.04 Å². The first kappa shape index (κ1) is 18.3. The van der Waals surface area contributed by atoms with Gasteiger partial charge in [0.1, 0.15) is 5.75 Å². The molecule has 22 heavy (non-hydrogen) atoms. The Labute approximate surface area is 134 Å². The third-order valence-electron chi connectivity index (χ3n) is 4.07. The van der Waals surface area contributed by atoms with Crippen LogP contribution in [-0.4, -0.2) is 44.7 Å². The minimum atomic E-state index is 0.396. The van der Waals surface area contributed by atoms with Crippen molar-refractivity contribution in [3.63, 3.8) is 0 Å². The van der Waals surface area contributed by atoms with Gasteiger partial charge in [0.05, 0.1) is 19.3 Å². The maximum Gasteiger partial charge on any atom is 0.193 e. The number of nitrogens with one attached hydrogen (secondary N) is 1. The summed E-state index contributed by atoms with van der Waals surface area (Å²) in [7, 11) is 5.84. The van der Waals surface area contributed by atoms with Crippen molar-refractivity contribution in [3.8, 4) is 5.75 Å². The number of guanidine groups is 1. The normalized spacial score (nSPS) is 13.5. The molecule has 1 aromatic carbocycles. The van der Waals surface area contributed by atoms with Crippen LogP contribution in [0.25, 0.3) is 0 Å². The van der Waals surface area contributed by atoms with E-state index in [4.69, 9.17) is 10.5 Å². The summed E-state index contributed by atoms with van der Waals surface area (Å²) in [4.78, 5) is 6.75. The van der Waals surface area contributed by atoms with Gasteiger partial charge in [-0.05, 0) is 32.1 Å². The quantitative estimate of drug-likeness (QED) is 0.572. The number of likely N-dealkylation sites (N-methyl/N-ethyl adjacent to an activating group) is 1. The fourth-order valence-corrected chi connectivity index (χ4v) is 2.68. The van der Waals surface area contributed by atoms with Crippen LogP contribution in [0.4, 0.5) is 5.69 Å². The Kier molecular flexibility index (Phi) is 7.74. The van der Waals surface area contributed by atoms with E-state index in [1.54, 1.807) is 7.11 Å². The molecule has 0 radical (unpaired) electrons. The molecule has 1 rings (SSSR count). The molecule has 0 saturated carbocycles. The van der Waals surface area contributed by atoms with Gasteiger partial charge in [-0.1, -0.05) is 38.8 Å². The van der Waals surface area contributed by atoms with E-state index in [9.17, 15) is 0 Å². The third kappa shape index (κ3) is 5.22. The number of rotatable bonds is 8. The van der Waals surface area contributed by atoms with E-state index in [0.717, 1.165) is 24.3 Å². The van der Waals surface area contributed by atoms with Crippen LogP contribution in [0.15, 0.2) is 29.3 Å². The van der Waals surface area contributed by atoms with Gasteiger partial charge in [-0.3, -0.25) is 4.99 Å². The van der Waals surface area contributed by atoms with Gasteiger partial charge < -0.3 is 20.7 Å². The van der Waals surface area contributed by atoms with Gasteiger partial charge in [0.25, 0.3) is 0 Å². The molecule has 124 valence electrons. The van der Waals surface area contributed by atoms with Gasteiger partial charge in [-0.2, -0.15) is 0 Å². The zero-order valence-corrected chi connectivity index (χ0v) is 14.5. The number of benzene rings is 1. The number of aliphatic imine (C=N–C) groups is 1. The maximum atomic E-state index is 6.03. The summed E-state index contributed by atoms with van der Waals surface area (Å²) in [5.74, 6) is 1.80. The molecule has 0 aliphatic carbocycles. The highest BCUT2D eigenvalue weighted by Gasteiger charge is 2.20. The Morgan fingerprint density at radius 2 is 1.91 bits per heavy atom. The first-order valence-electron chi connectivity index (χ1n) is 7.89. The summed E-state index contributed by atoms with van der Waals surface area (Å²) < 4.78 is 5.30. The average molecular weight is 306 g/mol. The van der Waals surface area contributed by atoms with Crippen molar-refractivity contribution >= 4 is 11.6 Å². The minimum absolute atomic E-state index is 0.396. The maximum absolute atomic E-state index is 6.03. The molecule has 1 aromatic rings. The van der Waals surface area contributed by atoms with Gasteiger partial charge in [0.15, 0.2) is 5.96 Å². The van der Waals surface area contributed by atoms with Crippen LogP contribution in [0.2, 0.25) is 0 Å². The Morgan fingerprint density at radius 1 is 1.27 bits per heavy atom. The number of hydrogen-bond acceptors (Lipinski definition) is 3. The van der Waals surface area contributed by atoms with Gasteiger partial charge in [-0.15, -0.1) is 0 Å². The van der Waals surface area contributed by atoms with Crippen LogP contribution >= 0.6 is 0 Å². The van der Waals surface area contributed by atoms with Crippen LogP contribution in [-0.2, 0) is 0 Å². The lowest BCUT2D eigenvalue weighted by Crippen LogP contribution is -2.38. The largest absolute Gasteiger partial charge is 0.495 e. The van der Waals surface area contributed by atoms with Gasteiger partial charge >= 0.3 is 0 Å². The lowest BCUT2D eigenvalue weighted by Gasteiger charge is -2.30. The number of nitrogens with two attached hydrogens (primary N) is 1. The molecule has 0 aromatic heterocycles. The Bertz CT molecular complexity index is 469. The number of methoxy groups -OCH3 is 1. The van der Waals surface area contributed by atoms with Crippen molar-refractivity contribution in [2.75, 3.05) is 33.1 Å². The van der Waals surface area contributed by atoms with Crippen LogP contribution in [0.5, 0.6) is 5.75 Å². The van der Waals surface area contributed by atoms with Crippen molar-refractivity contribution in [1.29, 1.82) is 0 Å². The number of nitrogens with zero attached hydrogens (tertiary/aromatic N) is 2. The number of para-hydroxylation sites is 2. The molecule has 0 aliphatic heterocycles. The predicted octanol–water partition coefficient (Wildman–Crippen LogP) is 2.79. The van der Waals surface area contributed by atoms with E-state index in [1.807, 2.05) is 24.3 Å². The molecule has 0 amide bonds.